The van der Waals surface area contributed by atoms with Crippen molar-refractivity contribution < 1.29 is 4.79 Å². The Hall–Kier alpha value is -1.90. The molecule has 1 heterocycles. The molecule has 1 atom stereocenters. The van der Waals surface area contributed by atoms with Crippen LogP contribution in [0.1, 0.15) is 34.2 Å². The number of benzene rings is 1. The maximum Gasteiger partial charge on any atom is 0.166 e. The number of ketones is 1. The molecule has 0 amide bonds. The molecule has 1 aromatic heterocycles. The quantitative estimate of drug-likeness (QED) is 0.843. The number of carbonyl (C=O) groups is 1. The predicted octanol–water partition coefficient (Wildman–Crippen LogP) is 2.58. The van der Waals surface area contributed by atoms with Gasteiger partial charge in [0.1, 0.15) is 0 Å². The fourth-order valence-corrected chi connectivity index (χ4v) is 2.87. The summed E-state index contributed by atoms with van der Waals surface area (Å²) < 4.78 is 1.91. The number of Topliss-reactive ketones (excluding diaryl/α,β-unsaturated/α-hetero) is 1. The Morgan fingerprint density at radius 1 is 1.37 bits per heavy atom. The highest BCUT2D eigenvalue weighted by Crippen LogP contribution is 2.29. The zero-order valence-corrected chi connectivity index (χ0v) is 11.4. The van der Waals surface area contributed by atoms with Crippen LogP contribution in [0.15, 0.2) is 30.3 Å². The standard InChI is InChI=1S/C16H18N2O/c1-3-13-10-14(18(2)17-13)9-12-8-11-6-4-5-7-15(11)16(12)19/h4-7,10,12H,3,8-9H2,1-2H3. The van der Waals surface area contributed by atoms with Gasteiger partial charge in [0.25, 0.3) is 0 Å². The summed E-state index contributed by atoms with van der Waals surface area (Å²) in [5.74, 6) is 0.368. The monoisotopic (exact) mass is 254 g/mol. The fourth-order valence-electron chi connectivity index (χ4n) is 2.87. The molecule has 1 aliphatic rings. The molecule has 0 saturated carbocycles. The van der Waals surface area contributed by atoms with Gasteiger partial charge in [-0.2, -0.15) is 5.10 Å². The van der Waals surface area contributed by atoms with E-state index in [1.807, 2.05) is 29.9 Å². The van der Waals surface area contributed by atoms with Crippen molar-refractivity contribution in [3.63, 3.8) is 0 Å². The molecule has 1 aliphatic carbocycles. The van der Waals surface area contributed by atoms with Crippen LogP contribution in [0.3, 0.4) is 0 Å². The molecule has 3 nitrogen and oxygen atoms in total. The molecule has 0 bridgehead atoms. The molecular weight excluding hydrogens is 236 g/mol. The van der Waals surface area contributed by atoms with Crippen molar-refractivity contribution in [2.24, 2.45) is 13.0 Å². The summed E-state index contributed by atoms with van der Waals surface area (Å²) in [5, 5.41) is 4.45. The number of aryl methyl sites for hydroxylation is 2. The first kappa shape index (κ1) is 12.2. The van der Waals surface area contributed by atoms with E-state index >= 15 is 0 Å². The molecule has 1 unspecified atom stereocenters. The number of fused-ring (bicyclic) bond motifs is 1. The Kier molecular flexibility index (Phi) is 2.97. The highest BCUT2D eigenvalue weighted by Gasteiger charge is 2.30. The maximum absolute atomic E-state index is 12.4. The topological polar surface area (TPSA) is 34.9 Å². The second-order valence-corrected chi connectivity index (χ2v) is 5.23. The van der Waals surface area contributed by atoms with Gasteiger partial charge in [-0.3, -0.25) is 9.48 Å². The van der Waals surface area contributed by atoms with E-state index in [0.29, 0.717) is 0 Å². The average molecular weight is 254 g/mol. The summed E-state index contributed by atoms with van der Waals surface area (Å²) >= 11 is 0. The lowest BCUT2D eigenvalue weighted by Crippen LogP contribution is -2.14. The molecule has 3 heteroatoms. The van der Waals surface area contributed by atoms with Crippen LogP contribution in [0.4, 0.5) is 0 Å². The van der Waals surface area contributed by atoms with Crippen LogP contribution >= 0.6 is 0 Å². The van der Waals surface area contributed by atoms with Gasteiger partial charge in [0.2, 0.25) is 0 Å². The first-order chi connectivity index (χ1) is 9.19. The zero-order chi connectivity index (χ0) is 13.4. The van der Waals surface area contributed by atoms with E-state index in [1.54, 1.807) is 0 Å². The molecule has 0 fully saturated rings. The van der Waals surface area contributed by atoms with Crippen LogP contribution in [0, 0.1) is 5.92 Å². The molecular formula is C16H18N2O. The van der Waals surface area contributed by atoms with Crippen molar-refractivity contribution >= 4 is 5.78 Å². The number of rotatable bonds is 3. The molecule has 1 aromatic carbocycles. The molecule has 0 aliphatic heterocycles. The fraction of sp³-hybridized carbons (Fsp3) is 0.375. The number of hydrogen-bond acceptors (Lipinski definition) is 2. The average Bonchev–Trinajstić information content (AvgIpc) is 2.93. The minimum atomic E-state index is 0.0810. The van der Waals surface area contributed by atoms with Gasteiger partial charge >= 0.3 is 0 Å². The minimum Gasteiger partial charge on any atom is -0.294 e. The Bertz CT molecular complexity index is 627. The minimum absolute atomic E-state index is 0.0810. The first-order valence-corrected chi connectivity index (χ1v) is 6.83. The van der Waals surface area contributed by atoms with Crippen LogP contribution in [-0.4, -0.2) is 15.6 Å². The van der Waals surface area contributed by atoms with Crippen LogP contribution < -0.4 is 0 Å². The van der Waals surface area contributed by atoms with Crippen molar-refractivity contribution in [3.05, 3.63) is 52.8 Å². The van der Waals surface area contributed by atoms with Gasteiger partial charge in [-0.05, 0) is 30.9 Å². The van der Waals surface area contributed by atoms with Crippen LogP contribution in [0.25, 0.3) is 0 Å². The number of carbonyl (C=O) groups excluding carboxylic acids is 1. The molecule has 0 radical (unpaired) electrons. The van der Waals surface area contributed by atoms with Gasteiger partial charge in [0.05, 0.1) is 5.69 Å². The Labute approximate surface area is 113 Å². The lowest BCUT2D eigenvalue weighted by atomic mass is 9.98. The molecule has 0 spiro atoms. The summed E-state index contributed by atoms with van der Waals surface area (Å²) in [6.07, 6.45) is 2.59. The highest BCUT2D eigenvalue weighted by atomic mass is 16.1. The van der Waals surface area contributed by atoms with Crippen molar-refractivity contribution in [2.45, 2.75) is 26.2 Å². The highest BCUT2D eigenvalue weighted by molar-refractivity contribution is 6.02. The largest absolute Gasteiger partial charge is 0.294 e. The normalized spacial score (nSPS) is 17.8. The zero-order valence-electron chi connectivity index (χ0n) is 11.4. The summed E-state index contributed by atoms with van der Waals surface area (Å²) in [7, 11) is 1.96. The van der Waals surface area contributed by atoms with E-state index in [-0.39, 0.29) is 11.7 Å². The lowest BCUT2D eigenvalue weighted by molar-refractivity contribution is 0.0935. The van der Waals surface area contributed by atoms with Gasteiger partial charge in [0, 0.05) is 24.2 Å². The smallest absolute Gasteiger partial charge is 0.166 e. The van der Waals surface area contributed by atoms with Gasteiger partial charge in [-0.1, -0.05) is 31.2 Å². The van der Waals surface area contributed by atoms with E-state index in [0.717, 1.165) is 36.2 Å². The summed E-state index contributed by atoms with van der Waals surface area (Å²) in [6.45, 7) is 2.10. The Morgan fingerprint density at radius 3 is 2.84 bits per heavy atom. The molecule has 3 rings (SSSR count). The van der Waals surface area contributed by atoms with Gasteiger partial charge in [-0.25, -0.2) is 0 Å². The third-order valence-corrected chi connectivity index (χ3v) is 3.97. The molecule has 0 N–H and O–H groups in total. The third-order valence-electron chi connectivity index (χ3n) is 3.97. The van der Waals surface area contributed by atoms with Crippen molar-refractivity contribution in [2.75, 3.05) is 0 Å². The number of aromatic nitrogens is 2. The molecule has 2 aromatic rings. The van der Waals surface area contributed by atoms with E-state index in [2.05, 4.69) is 24.2 Å². The lowest BCUT2D eigenvalue weighted by Gasteiger charge is -2.07. The van der Waals surface area contributed by atoms with Gasteiger partial charge in [0.15, 0.2) is 5.78 Å². The summed E-state index contributed by atoms with van der Waals surface area (Å²) in [6, 6.07) is 10.1. The number of nitrogens with zero attached hydrogens (tertiary/aromatic N) is 2. The predicted molar refractivity (Wildman–Crippen MR) is 74.3 cm³/mol. The number of hydrogen-bond donors (Lipinski definition) is 0. The van der Waals surface area contributed by atoms with Gasteiger partial charge < -0.3 is 0 Å². The van der Waals surface area contributed by atoms with Crippen LogP contribution in [0.2, 0.25) is 0 Å². The van der Waals surface area contributed by atoms with E-state index in [9.17, 15) is 4.79 Å². The summed E-state index contributed by atoms with van der Waals surface area (Å²) in [4.78, 5) is 12.4. The molecule has 0 saturated heterocycles. The maximum atomic E-state index is 12.4. The second-order valence-electron chi connectivity index (χ2n) is 5.23. The van der Waals surface area contributed by atoms with E-state index < -0.39 is 0 Å². The van der Waals surface area contributed by atoms with Crippen molar-refractivity contribution in [1.29, 1.82) is 0 Å². The Morgan fingerprint density at radius 2 is 2.16 bits per heavy atom. The first-order valence-electron chi connectivity index (χ1n) is 6.83. The summed E-state index contributed by atoms with van der Waals surface area (Å²) in [5.41, 5.74) is 4.35. The van der Waals surface area contributed by atoms with Crippen molar-refractivity contribution in [1.82, 2.24) is 9.78 Å². The third kappa shape index (κ3) is 2.09. The molecule has 98 valence electrons. The van der Waals surface area contributed by atoms with Crippen LogP contribution in [-0.2, 0) is 26.3 Å². The second kappa shape index (κ2) is 4.65. The van der Waals surface area contributed by atoms with Crippen molar-refractivity contribution in [3.8, 4) is 0 Å². The molecule has 19 heavy (non-hydrogen) atoms. The Balaban J connectivity index is 1.82. The SMILES string of the molecule is CCc1cc(CC2Cc3ccccc3C2=O)n(C)n1. The van der Waals surface area contributed by atoms with E-state index in [4.69, 9.17) is 0 Å². The van der Waals surface area contributed by atoms with E-state index in [1.165, 1.54) is 5.56 Å². The van der Waals surface area contributed by atoms with Gasteiger partial charge in [-0.15, -0.1) is 0 Å². The van der Waals surface area contributed by atoms with Crippen LogP contribution in [0.5, 0.6) is 0 Å².